The number of aryl methyl sites for hydroxylation is 3. The fraction of sp³-hybridized carbons (Fsp3) is 0.219. The Kier molecular flexibility index (Phi) is 8.05. The first-order valence-electron chi connectivity index (χ1n) is 12.3. The molecule has 0 amide bonds. The van der Waals surface area contributed by atoms with Crippen molar-refractivity contribution in [1.82, 2.24) is 9.55 Å². The minimum absolute atomic E-state index is 0.118. The molecule has 178 valence electrons. The number of nitrogens with zero attached hydrogens (tertiary/aromatic N) is 2. The number of hydrogen-bond acceptors (Lipinski definition) is 1. The van der Waals surface area contributed by atoms with Gasteiger partial charge >= 0.3 is 0 Å². The molecule has 35 heavy (non-hydrogen) atoms. The summed E-state index contributed by atoms with van der Waals surface area (Å²) in [7, 11) is 0. The predicted octanol–water partition coefficient (Wildman–Crippen LogP) is 8.82. The topological polar surface area (TPSA) is 17.8 Å². The summed E-state index contributed by atoms with van der Waals surface area (Å²) in [5.41, 5.74) is 8.54. The molecule has 1 heterocycles. The minimum Gasteiger partial charge on any atom is -0.328 e. The van der Waals surface area contributed by atoms with Gasteiger partial charge in [-0.25, -0.2) is 4.98 Å². The number of halogens is 1. The Morgan fingerprint density at radius 3 is 2.29 bits per heavy atom. The molecule has 0 bridgehead atoms. The van der Waals surface area contributed by atoms with E-state index in [9.17, 15) is 0 Å². The van der Waals surface area contributed by atoms with Gasteiger partial charge in [-0.15, -0.1) is 0 Å². The van der Waals surface area contributed by atoms with E-state index in [1.54, 1.807) is 0 Å². The van der Waals surface area contributed by atoms with Crippen molar-refractivity contribution in [1.29, 1.82) is 0 Å². The highest BCUT2D eigenvalue weighted by atomic mass is 35.5. The van der Waals surface area contributed by atoms with Crippen molar-refractivity contribution in [3.05, 3.63) is 136 Å². The van der Waals surface area contributed by atoms with E-state index in [1.165, 1.54) is 33.3 Å². The molecule has 0 aliphatic rings. The summed E-state index contributed by atoms with van der Waals surface area (Å²) in [6.45, 7) is 11.1. The lowest BCUT2D eigenvalue weighted by Crippen LogP contribution is -2.06. The highest BCUT2D eigenvalue weighted by Gasteiger charge is 2.19. The molecule has 4 rings (SSSR count). The van der Waals surface area contributed by atoms with Crippen LogP contribution in [0.25, 0.3) is 11.0 Å². The van der Waals surface area contributed by atoms with Gasteiger partial charge in [-0.3, -0.25) is 0 Å². The highest BCUT2D eigenvalue weighted by Crippen LogP contribution is 2.34. The first-order valence-corrected chi connectivity index (χ1v) is 12.7. The van der Waals surface area contributed by atoms with E-state index in [4.69, 9.17) is 16.6 Å². The van der Waals surface area contributed by atoms with Crippen LogP contribution in [0, 0.1) is 6.92 Å². The third-order valence-electron chi connectivity index (χ3n) is 6.56. The smallest absolute Gasteiger partial charge is 0.109 e. The number of allylic oxidation sites excluding steroid dienone is 5. The first kappa shape index (κ1) is 24.8. The zero-order valence-electron chi connectivity index (χ0n) is 20.8. The van der Waals surface area contributed by atoms with Crippen LogP contribution in [0.1, 0.15) is 54.3 Å². The molecule has 0 aliphatic carbocycles. The van der Waals surface area contributed by atoms with Gasteiger partial charge in [-0.05, 0) is 61.2 Å². The Hall–Kier alpha value is -3.36. The van der Waals surface area contributed by atoms with Crippen LogP contribution in [0.5, 0.6) is 0 Å². The number of benzene rings is 3. The molecule has 2 nitrogen and oxygen atoms in total. The van der Waals surface area contributed by atoms with Gasteiger partial charge in [0.15, 0.2) is 0 Å². The second kappa shape index (κ2) is 11.4. The summed E-state index contributed by atoms with van der Waals surface area (Å²) in [5, 5.41) is 0.753. The molecular formula is C32H33ClN2. The average Bonchev–Trinajstić information content (AvgIpc) is 3.23. The van der Waals surface area contributed by atoms with Crippen molar-refractivity contribution in [3.63, 3.8) is 0 Å². The number of rotatable bonds is 9. The molecule has 4 aromatic rings. The Morgan fingerprint density at radius 2 is 1.66 bits per heavy atom. The van der Waals surface area contributed by atoms with Gasteiger partial charge in [-0.2, -0.15) is 0 Å². The third kappa shape index (κ3) is 5.66. The highest BCUT2D eigenvalue weighted by molar-refractivity contribution is 6.30. The van der Waals surface area contributed by atoms with Crippen molar-refractivity contribution in [2.75, 3.05) is 0 Å². The quantitative estimate of drug-likeness (QED) is 0.173. The summed E-state index contributed by atoms with van der Waals surface area (Å²) in [5.74, 6) is 1.24. The second-order valence-corrected chi connectivity index (χ2v) is 9.32. The molecule has 0 saturated heterocycles. The number of fused-ring (bicyclic) bond motifs is 1. The Morgan fingerprint density at radius 1 is 1.00 bits per heavy atom. The Balaban J connectivity index is 1.80. The van der Waals surface area contributed by atoms with Crippen LogP contribution in [0.4, 0.5) is 0 Å². The van der Waals surface area contributed by atoms with Gasteiger partial charge in [0.1, 0.15) is 5.82 Å². The van der Waals surface area contributed by atoms with Crippen LogP contribution in [0.15, 0.2) is 103 Å². The van der Waals surface area contributed by atoms with Gasteiger partial charge < -0.3 is 4.57 Å². The number of imidazole rings is 1. The van der Waals surface area contributed by atoms with Crippen molar-refractivity contribution in [2.45, 2.75) is 46.1 Å². The monoisotopic (exact) mass is 480 g/mol. The normalized spacial score (nSPS) is 13.0. The maximum atomic E-state index is 6.22. The van der Waals surface area contributed by atoms with Gasteiger partial charge in [0.25, 0.3) is 0 Å². The lowest BCUT2D eigenvalue weighted by Gasteiger charge is -2.20. The molecule has 3 heteroatoms. The zero-order chi connectivity index (χ0) is 24.8. The van der Waals surface area contributed by atoms with Crippen molar-refractivity contribution >= 4 is 22.6 Å². The summed E-state index contributed by atoms with van der Waals surface area (Å²) >= 11 is 6.22. The fourth-order valence-electron chi connectivity index (χ4n) is 4.64. The van der Waals surface area contributed by atoms with E-state index in [0.29, 0.717) is 0 Å². The fourth-order valence-corrected chi connectivity index (χ4v) is 4.76. The van der Waals surface area contributed by atoms with E-state index >= 15 is 0 Å². The molecule has 1 unspecified atom stereocenters. The molecular weight excluding hydrogens is 448 g/mol. The summed E-state index contributed by atoms with van der Waals surface area (Å²) in [6, 6.07) is 23.8. The molecule has 1 aromatic heterocycles. The van der Waals surface area contributed by atoms with E-state index in [1.807, 2.05) is 24.3 Å². The van der Waals surface area contributed by atoms with Crippen molar-refractivity contribution in [2.24, 2.45) is 0 Å². The maximum absolute atomic E-state index is 6.22. The zero-order valence-corrected chi connectivity index (χ0v) is 21.6. The van der Waals surface area contributed by atoms with E-state index in [0.717, 1.165) is 35.8 Å². The molecule has 0 fully saturated rings. The first-order chi connectivity index (χ1) is 17.0. The van der Waals surface area contributed by atoms with Crippen LogP contribution in [0.2, 0.25) is 5.02 Å². The van der Waals surface area contributed by atoms with Gasteiger partial charge in [0, 0.05) is 23.9 Å². The molecule has 3 aromatic carbocycles. The SMILES string of the molecule is C=C/C=C\C(=C/C)CCn1c(CC)nc2ccc(C(c3ccc(C)cc3)c3ccc(Cl)cc3)cc21. The van der Waals surface area contributed by atoms with Crippen LogP contribution >= 0.6 is 11.6 Å². The summed E-state index contributed by atoms with van der Waals surface area (Å²) in [4.78, 5) is 4.96. The second-order valence-electron chi connectivity index (χ2n) is 8.89. The molecule has 0 spiro atoms. The van der Waals surface area contributed by atoms with E-state index in [-0.39, 0.29) is 5.92 Å². The molecule has 0 saturated carbocycles. The lowest BCUT2D eigenvalue weighted by atomic mass is 9.85. The lowest BCUT2D eigenvalue weighted by molar-refractivity contribution is 0.675. The van der Waals surface area contributed by atoms with Crippen LogP contribution in [-0.2, 0) is 13.0 Å². The molecule has 0 radical (unpaired) electrons. The Bertz CT molecular complexity index is 1310. The average molecular weight is 481 g/mol. The standard InChI is InChI=1S/C32H33ClN2/c1-5-8-9-24(6-2)20-21-35-30-22-27(16-19-29(30)34-31(35)7-3)32(25-12-10-23(4)11-13-25)26-14-17-28(33)18-15-26/h5-6,8-19,22,32H,1,7,20-21H2,2-4H3/b9-8-,24-6+. The van der Waals surface area contributed by atoms with Crippen LogP contribution in [0.3, 0.4) is 0 Å². The minimum atomic E-state index is 0.118. The largest absolute Gasteiger partial charge is 0.328 e. The summed E-state index contributed by atoms with van der Waals surface area (Å²) < 4.78 is 2.39. The van der Waals surface area contributed by atoms with Crippen molar-refractivity contribution < 1.29 is 0 Å². The maximum Gasteiger partial charge on any atom is 0.109 e. The third-order valence-corrected chi connectivity index (χ3v) is 6.81. The van der Waals surface area contributed by atoms with Gasteiger partial charge in [0.2, 0.25) is 0 Å². The van der Waals surface area contributed by atoms with E-state index < -0.39 is 0 Å². The Labute approximate surface area is 214 Å². The molecule has 0 aliphatic heterocycles. The predicted molar refractivity (Wildman–Crippen MR) is 150 cm³/mol. The summed E-state index contributed by atoms with van der Waals surface area (Å²) in [6.07, 6.45) is 9.97. The van der Waals surface area contributed by atoms with Crippen LogP contribution in [-0.4, -0.2) is 9.55 Å². The van der Waals surface area contributed by atoms with E-state index in [2.05, 4.69) is 98.7 Å². The molecule has 0 N–H and O–H groups in total. The van der Waals surface area contributed by atoms with Gasteiger partial charge in [-0.1, -0.05) is 103 Å². The number of aromatic nitrogens is 2. The van der Waals surface area contributed by atoms with Crippen molar-refractivity contribution in [3.8, 4) is 0 Å². The van der Waals surface area contributed by atoms with Crippen LogP contribution < -0.4 is 0 Å². The number of hydrogen-bond donors (Lipinski definition) is 0. The molecule has 1 atom stereocenters. The van der Waals surface area contributed by atoms with Gasteiger partial charge in [0.05, 0.1) is 11.0 Å².